The quantitative estimate of drug-likeness (QED) is 0.809. The minimum atomic E-state index is -0.454. The van der Waals surface area contributed by atoms with Crippen molar-refractivity contribution in [3.8, 4) is 11.5 Å². The maximum atomic E-state index is 13.1. The molecule has 4 heteroatoms. The number of hydrogen-bond acceptors (Lipinski definition) is 3. The molecule has 2 aromatic carbocycles. The van der Waals surface area contributed by atoms with E-state index in [1.165, 1.54) is 23.3 Å². The Morgan fingerprint density at radius 2 is 2.19 bits per heavy atom. The van der Waals surface area contributed by atoms with Crippen LogP contribution in [0.2, 0.25) is 0 Å². The van der Waals surface area contributed by atoms with Gasteiger partial charge in [0.05, 0.1) is 5.56 Å². The number of fused-ring (bicyclic) bond motifs is 1. The first-order chi connectivity index (χ1) is 10.2. The molecule has 1 aliphatic rings. The van der Waals surface area contributed by atoms with Crippen LogP contribution in [0.15, 0.2) is 36.4 Å². The van der Waals surface area contributed by atoms with E-state index in [0.717, 1.165) is 18.2 Å². The van der Waals surface area contributed by atoms with Crippen molar-refractivity contribution in [3.63, 3.8) is 0 Å². The summed E-state index contributed by atoms with van der Waals surface area (Å²) in [7, 11) is 0. The predicted octanol–water partition coefficient (Wildman–Crippen LogP) is 3.33. The lowest BCUT2D eigenvalue weighted by atomic mass is 10.1. The molecular weight excluding hydrogens is 271 g/mol. The average molecular weight is 286 g/mol. The third-order valence-electron chi connectivity index (χ3n) is 3.48. The van der Waals surface area contributed by atoms with Gasteiger partial charge in [-0.25, -0.2) is 4.39 Å². The molecule has 0 amide bonds. The van der Waals surface area contributed by atoms with Crippen molar-refractivity contribution in [1.82, 2.24) is 0 Å². The van der Waals surface area contributed by atoms with Crippen LogP contribution in [-0.2, 0) is 6.42 Å². The molecule has 0 aliphatic carbocycles. The van der Waals surface area contributed by atoms with Gasteiger partial charge in [-0.15, -0.1) is 0 Å². The number of aryl methyl sites for hydroxylation is 1. The van der Waals surface area contributed by atoms with Gasteiger partial charge in [-0.05, 0) is 36.8 Å². The zero-order valence-corrected chi connectivity index (χ0v) is 11.6. The van der Waals surface area contributed by atoms with Gasteiger partial charge in [0, 0.05) is 6.42 Å². The Morgan fingerprint density at radius 3 is 3.00 bits per heavy atom. The van der Waals surface area contributed by atoms with Crippen LogP contribution in [0.5, 0.6) is 11.5 Å². The summed E-state index contributed by atoms with van der Waals surface area (Å²) < 4.78 is 24.5. The van der Waals surface area contributed by atoms with E-state index < -0.39 is 5.82 Å². The molecule has 0 N–H and O–H groups in total. The van der Waals surface area contributed by atoms with E-state index in [1.54, 1.807) is 0 Å². The molecule has 0 fully saturated rings. The summed E-state index contributed by atoms with van der Waals surface area (Å²) in [6.45, 7) is 2.36. The smallest absolute Gasteiger partial charge is 0.153 e. The van der Waals surface area contributed by atoms with Gasteiger partial charge >= 0.3 is 0 Å². The van der Waals surface area contributed by atoms with Gasteiger partial charge in [0.1, 0.15) is 30.0 Å². The van der Waals surface area contributed by atoms with Crippen LogP contribution in [0.25, 0.3) is 0 Å². The lowest BCUT2D eigenvalue weighted by molar-refractivity contribution is 0.111. The third-order valence-corrected chi connectivity index (χ3v) is 3.48. The minimum absolute atomic E-state index is 0.0913. The van der Waals surface area contributed by atoms with Crippen LogP contribution in [0.4, 0.5) is 4.39 Å². The largest absolute Gasteiger partial charge is 0.489 e. The molecule has 2 aromatic rings. The fraction of sp³-hybridized carbons (Fsp3) is 0.235. The van der Waals surface area contributed by atoms with Crippen molar-refractivity contribution in [2.45, 2.75) is 19.4 Å². The van der Waals surface area contributed by atoms with E-state index >= 15 is 0 Å². The summed E-state index contributed by atoms with van der Waals surface area (Å²) in [5.41, 5.74) is 2.57. The Hall–Kier alpha value is -2.36. The van der Waals surface area contributed by atoms with Crippen molar-refractivity contribution in [1.29, 1.82) is 0 Å². The zero-order chi connectivity index (χ0) is 14.8. The second-order valence-corrected chi connectivity index (χ2v) is 5.17. The molecule has 1 heterocycles. The van der Waals surface area contributed by atoms with Crippen molar-refractivity contribution < 1.29 is 18.7 Å². The maximum Gasteiger partial charge on any atom is 0.153 e. The fourth-order valence-corrected chi connectivity index (χ4v) is 2.47. The Kier molecular flexibility index (Phi) is 3.60. The Bertz CT molecular complexity index is 682. The SMILES string of the molecule is Cc1ccc2c(c1)CC(COc1ccc(F)cc1C=O)O2. The molecule has 1 aliphatic heterocycles. The number of benzene rings is 2. The highest BCUT2D eigenvalue weighted by Crippen LogP contribution is 2.30. The molecule has 0 aromatic heterocycles. The third kappa shape index (κ3) is 2.89. The number of aldehydes is 1. The number of ether oxygens (including phenoxy) is 2. The number of carbonyl (C=O) groups is 1. The van der Waals surface area contributed by atoms with Crippen LogP contribution in [0.3, 0.4) is 0 Å². The van der Waals surface area contributed by atoms with Crippen molar-refractivity contribution in [3.05, 3.63) is 58.9 Å². The van der Waals surface area contributed by atoms with Crippen molar-refractivity contribution >= 4 is 6.29 Å². The van der Waals surface area contributed by atoms with Gasteiger partial charge in [-0.1, -0.05) is 17.7 Å². The van der Waals surface area contributed by atoms with E-state index in [9.17, 15) is 9.18 Å². The summed E-state index contributed by atoms with van der Waals surface area (Å²) in [6, 6.07) is 9.97. The standard InChI is InChI=1S/C17H15FO3/c1-11-2-4-17-12(6-11)8-15(21-17)10-20-16-5-3-14(18)7-13(16)9-19/h2-7,9,15H,8,10H2,1H3. The number of carbonyl (C=O) groups excluding carboxylic acids is 1. The van der Waals surface area contributed by atoms with Crippen LogP contribution in [0.1, 0.15) is 21.5 Å². The first-order valence-corrected chi connectivity index (χ1v) is 6.79. The summed E-state index contributed by atoms with van der Waals surface area (Å²) in [5.74, 6) is 0.801. The molecule has 21 heavy (non-hydrogen) atoms. The van der Waals surface area contributed by atoms with Gasteiger partial charge in [0.25, 0.3) is 0 Å². The van der Waals surface area contributed by atoms with E-state index in [2.05, 4.69) is 6.07 Å². The molecule has 108 valence electrons. The second-order valence-electron chi connectivity index (χ2n) is 5.17. The number of hydrogen-bond donors (Lipinski definition) is 0. The molecule has 3 nitrogen and oxygen atoms in total. The van der Waals surface area contributed by atoms with E-state index in [1.807, 2.05) is 19.1 Å². The molecule has 0 saturated heterocycles. The van der Waals surface area contributed by atoms with Crippen molar-refractivity contribution in [2.24, 2.45) is 0 Å². The van der Waals surface area contributed by atoms with E-state index in [4.69, 9.17) is 9.47 Å². The normalized spacial score (nSPS) is 16.2. The highest BCUT2D eigenvalue weighted by atomic mass is 19.1. The minimum Gasteiger partial charge on any atom is -0.489 e. The second kappa shape index (κ2) is 5.56. The Balaban J connectivity index is 1.66. The van der Waals surface area contributed by atoms with E-state index in [0.29, 0.717) is 18.6 Å². The lowest BCUT2D eigenvalue weighted by Gasteiger charge is -2.13. The van der Waals surface area contributed by atoms with Gasteiger partial charge in [-0.3, -0.25) is 4.79 Å². The Labute approximate surface area is 122 Å². The highest BCUT2D eigenvalue weighted by Gasteiger charge is 2.23. The van der Waals surface area contributed by atoms with Gasteiger partial charge in [0.15, 0.2) is 6.29 Å². The van der Waals surface area contributed by atoms with Gasteiger partial charge in [-0.2, -0.15) is 0 Å². The fourth-order valence-electron chi connectivity index (χ4n) is 2.47. The molecule has 3 rings (SSSR count). The van der Waals surface area contributed by atoms with Crippen LogP contribution in [0, 0.1) is 12.7 Å². The number of halogens is 1. The van der Waals surface area contributed by atoms with Gasteiger partial charge < -0.3 is 9.47 Å². The Morgan fingerprint density at radius 1 is 1.33 bits per heavy atom. The maximum absolute atomic E-state index is 13.1. The van der Waals surface area contributed by atoms with Crippen LogP contribution < -0.4 is 9.47 Å². The van der Waals surface area contributed by atoms with Gasteiger partial charge in [0.2, 0.25) is 0 Å². The highest BCUT2D eigenvalue weighted by molar-refractivity contribution is 5.79. The first kappa shape index (κ1) is 13.6. The molecule has 0 spiro atoms. The summed E-state index contributed by atoms with van der Waals surface area (Å²) in [6.07, 6.45) is 1.27. The molecule has 1 unspecified atom stereocenters. The predicted molar refractivity (Wildman–Crippen MR) is 76.6 cm³/mol. The molecule has 0 radical (unpaired) electrons. The topological polar surface area (TPSA) is 35.5 Å². The summed E-state index contributed by atoms with van der Waals surface area (Å²) >= 11 is 0. The summed E-state index contributed by atoms with van der Waals surface area (Å²) in [5, 5.41) is 0. The molecular formula is C17H15FO3. The van der Waals surface area contributed by atoms with E-state index in [-0.39, 0.29) is 11.7 Å². The molecule has 0 bridgehead atoms. The van der Waals surface area contributed by atoms with Crippen LogP contribution in [-0.4, -0.2) is 19.0 Å². The van der Waals surface area contributed by atoms with Crippen LogP contribution >= 0.6 is 0 Å². The molecule has 1 atom stereocenters. The molecule has 0 saturated carbocycles. The first-order valence-electron chi connectivity index (χ1n) is 6.79. The van der Waals surface area contributed by atoms with Crippen molar-refractivity contribution in [2.75, 3.05) is 6.61 Å². The lowest BCUT2D eigenvalue weighted by Crippen LogP contribution is -2.22. The number of rotatable bonds is 4. The monoisotopic (exact) mass is 286 g/mol. The zero-order valence-electron chi connectivity index (χ0n) is 11.6. The summed E-state index contributed by atoms with van der Waals surface area (Å²) in [4.78, 5) is 10.9. The average Bonchev–Trinajstić information content (AvgIpc) is 2.87.